The van der Waals surface area contributed by atoms with Crippen LogP contribution >= 0.6 is 0 Å². The minimum Gasteiger partial charge on any atom is -0.456 e. The summed E-state index contributed by atoms with van der Waals surface area (Å²) in [7, 11) is 0. The highest BCUT2D eigenvalue weighted by molar-refractivity contribution is 6.06. The van der Waals surface area contributed by atoms with Gasteiger partial charge in [0.25, 0.3) is 0 Å². The van der Waals surface area contributed by atoms with Gasteiger partial charge in [-0.2, -0.15) is 0 Å². The molecular formula is C36H22N2O. The summed E-state index contributed by atoms with van der Waals surface area (Å²) in [6.45, 7) is 0. The molecule has 0 aliphatic carbocycles. The zero-order valence-electron chi connectivity index (χ0n) is 21.0. The number of para-hydroxylation sites is 1. The second-order valence-corrected chi connectivity index (χ2v) is 9.86. The molecule has 0 radical (unpaired) electrons. The first-order valence-corrected chi connectivity index (χ1v) is 13.1. The van der Waals surface area contributed by atoms with Crippen molar-refractivity contribution < 1.29 is 4.42 Å². The van der Waals surface area contributed by atoms with Gasteiger partial charge in [-0.1, -0.05) is 97.1 Å². The molecule has 8 aromatic rings. The fraction of sp³-hybridized carbons (Fsp3) is 0. The summed E-state index contributed by atoms with van der Waals surface area (Å²) >= 11 is 0. The summed E-state index contributed by atoms with van der Waals surface area (Å²) in [5.74, 6) is 0. The minimum absolute atomic E-state index is 0.898. The van der Waals surface area contributed by atoms with Gasteiger partial charge in [0.2, 0.25) is 0 Å². The minimum atomic E-state index is 0.898. The third kappa shape index (κ3) is 3.67. The molecule has 0 bridgehead atoms. The highest BCUT2D eigenvalue weighted by atomic mass is 16.3. The van der Waals surface area contributed by atoms with Crippen LogP contribution < -0.4 is 0 Å². The fourth-order valence-corrected chi connectivity index (χ4v) is 5.46. The third-order valence-corrected chi connectivity index (χ3v) is 7.46. The van der Waals surface area contributed by atoms with Gasteiger partial charge in [-0.15, -0.1) is 0 Å². The molecule has 0 fully saturated rings. The van der Waals surface area contributed by atoms with Crippen LogP contribution in [0.5, 0.6) is 0 Å². The number of hydrogen-bond donors (Lipinski definition) is 0. The summed E-state index contributed by atoms with van der Waals surface area (Å²) in [5, 5.41) is 4.44. The van der Waals surface area contributed by atoms with Gasteiger partial charge in [-0.05, 0) is 47.5 Å². The number of benzene rings is 5. The summed E-state index contributed by atoms with van der Waals surface area (Å²) in [6, 6.07) is 46.1. The first-order chi connectivity index (χ1) is 19.3. The van der Waals surface area contributed by atoms with E-state index in [1.54, 1.807) is 0 Å². The predicted octanol–water partition coefficient (Wildman–Crippen LogP) is 9.68. The Morgan fingerprint density at radius 1 is 0.385 bits per heavy atom. The van der Waals surface area contributed by atoms with Gasteiger partial charge in [0.15, 0.2) is 0 Å². The Morgan fingerprint density at radius 2 is 0.974 bits per heavy atom. The van der Waals surface area contributed by atoms with Crippen molar-refractivity contribution in [3.63, 3.8) is 0 Å². The highest BCUT2D eigenvalue weighted by Gasteiger charge is 2.11. The lowest BCUT2D eigenvalue weighted by atomic mass is 9.99. The monoisotopic (exact) mass is 498 g/mol. The average molecular weight is 499 g/mol. The Hall–Kier alpha value is -5.28. The van der Waals surface area contributed by atoms with Crippen LogP contribution in [0, 0.1) is 0 Å². The average Bonchev–Trinajstić information content (AvgIpc) is 3.39. The van der Waals surface area contributed by atoms with Crippen LogP contribution in [-0.4, -0.2) is 9.97 Å². The van der Waals surface area contributed by atoms with Crippen molar-refractivity contribution in [3.8, 4) is 33.6 Å². The van der Waals surface area contributed by atoms with E-state index in [9.17, 15) is 0 Å². The Bertz CT molecular complexity index is 2180. The van der Waals surface area contributed by atoms with Crippen LogP contribution in [0.15, 0.2) is 138 Å². The maximum atomic E-state index is 6.14. The number of rotatable bonds is 3. The second kappa shape index (κ2) is 8.64. The predicted molar refractivity (Wildman–Crippen MR) is 161 cm³/mol. The van der Waals surface area contributed by atoms with E-state index in [1.165, 1.54) is 0 Å². The molecule has 0 amide bonds. The third-order valence-electron chi connectivity index (χ3n) is 7.46. The van der Waals surface area contributed by atoms with Crippen LogP contribution in [0.1, 0.15) is 0 Å². The Kier molecular flexibility index (Phi) is 4.82. The molecule has 3 nitrogen and oxygen atoms in total. The molecule has 5 aromatic carbocycles. The van der Waals surface area contributed by atoms with Crippen LogP contribution in [0.25, 0.3) is 77.4 Å². The lowest BCUT2D eigenvalue weighted by Gasteiger charge is -2.09. The van der Waals surface area contributed by atoms with E-state index in [4.69, 9.17) is 14.4 Å². The summed E-state index contributed by atoms with van der Waals surface area (Å²) in [5.41, 5.74) is 9.92. The lowest BCUT2D eigenvalue weighted by molar-refractivity contribution is 0.669. The summed E-state index contributed by atoms with van der Waals surface area (Å²) in [6.07, 6.45) is 0. The van der Waals surface area contributed by atoms with Crippen molar-refractivity contribution in [1.29, 1.82) is 0 Å². The smallest absolute Gasteiger partial charge is 0.136 e. The number of furan rings is 1. The summed E-state index contributed by atoms with van der Waals surface area (Å²) < 4.78 is 6.14. The van der Waals surface area contributed by atoms with E-state index in [1.807, 2.05) is 36.4 Å². The van der Waals surface area contributed by atoms with Gasteiger partial charge in [0.05, 0.1) is 22.4 Å². The zero-order valence-corrected chi connectivity index (χ0v) is 21.0. The van der Waals surface area contributed by atoms with E-state index < -0.39 is 0 Å². The maximum absolute atomic E-state index is 6.14. The van der Waals surface area contributed by atoms with Crippen LogP contribution in [0.3, 0.4) is 0 Å². The molecule has 0 unspecified atom stereocenters. The van der Waals surface area contributed by atoms with Crippen molar-refractivity contribution in [2.24, 2.45) is 0 Å². The first-order valence-electron chi connectivity index (χ1n) is 13.1. The molecule has 3 aromatic heterocycles. The summed E-state index contributed by atoms with van der Waals surface area (Å²) in [4.78, 5) is 10.2. The molecule has 3 heteroatoms. The van der Waals surface area contributed by atoms with Crippen molar-refractivity contribution in [1.82, 2.24) is 9.97 Å². The van der Waals surface area contributed by atoms with Crippen molar-refractivity contribution in [2.75, 3.05) is 0 Å². The van der Waals surface area contributed by atoms with Gasteiger partial charge in [0.1, 0.15) is 11.2 Å². The highest BCUT2D eigenvalue weighted by Crippen LogP contribution is 2.34. The van der Waals surface area contributed by atoms with Crippen LogP contribution in [0.2, 0.25) is 0 Å². The molecule has 0 aliphatic rings. The number of fused-ring (bicyclic) bond motifs is 6. The van der Waals surface area contributed by atoms with E-state index in [2.05, 4.69) is 97.1 Å². The number of pyridine rings is 2. The quantitative estimate of drug-likeness (QED) is 0.228. The Balaban J connectivity index is 1.24. The topological polar surface area (TPSA) is 38.9 Å². The van der Waals surface area contributed by atoms with Gasteiger partial charge in [-0.3, -0.25) is 0 Å². The molecule has 8 rings (SSSR count). The Labute approximate surface area is 225 Å². The SMILES string of the molecule is c1ccc(-c2ccc3ccc4ccc(-c5cccc(-c6ccc7c(c6)oc6ccccc67)c5)nc4c3n2)cc1. The molecular weight excluding hydrogens is 476 g/mol. The normalized spacial score (nSPS) is 11.6. The molecule has 3 heterocycles. The second-order valence-electron chi connectivity index (χ2n) is 9.86. The lowest BCUT2D eigenvalue weighted by Crippen LogP contribution is -1.91. The number of hydrogen-bond acceptors (Lipinski definition) is 3. The van der Waals surface area contributed by atoms with Gasteiger partial charge >= 0.3 is 0 Å². The van der Waals surface area contributed by atoms with E-state index in [0.29, 0.717) is 0 Å². The van der Waals surface area contributed by atoms with Gasteiger partial charge in [-0.25, -0.2) is 9.97 Å². The molecule has 0 saturated heterocycles. The van der Waals surface area contributed by atoms with Crippen molar-refractivity contribution in [3.05, 3.63) is 133 Å². The number of nitrogens with zero attached hydrogens (tertiary/aromatic N) is 2. The zero-order chi connectivity index (χ0) is 25.8. The molecule has 0 saturated carbocycles. The largest absolute Gasteiger partial charge is 0.456 e. The molecule has 39 heavy (non-hydrogen) atoms. The van der Waals surface area contributed by atoms with Crippen molar-refractivity contribution >= 4 is 43.7 Å². The van der Waals surface area contributed by atoms with Crippen molar-refractivity contribution in [2.45, 2.75) is 0 Å². The Morgan fingerprint density at radius 3 is 1.77 bits per heavy atom. The number of aromatic nitrogens is 2. The molecule has 0 spiro atoms. The van der Waals surface area contributed by atoms with Gasteiger partial charge < -0.3 is 4.42 Å². The van der Waals surface area contributed by atoms with Gasteiger partial charge in [0, 0.05) is 32.7 Å². The molecule has 182 valence electrons. The first kappa shape index (κ1) is 21.8. The van der Waals surface area contributed by atoms with Crippen LogP contribution in [0.4, 0.5) is 0 Å². The van der Waals surface area contributed by atoms with Crippen LogP contribution in [-0.2, 0) is 0 Å². The van der Waals surface area contributed by atoms with E-state index in [0.717, 1.165) is 77.4 Å². The molecule has 0 aliphatic heterocycles. The molecule has 0 N–H and O–H groups in total. The van der Waals surface area contributed by atoms with E-state index >= 15 is 0 Å². The van der Waals surface area contributed by atoms with E-state index in [-0.39, 0.29) is 0 Å². The standard InChI is InChI=1S/C36H22N2O/c1-2-7-23(8-3-1)31-19-16-24-13-14-25-17-20-32(38-36(25)35(24)37-31)28-10-6-9-26(21-28)27-15-18-30-29-11-4-5-12-33(29)39-34(30)22-27/h1-22H. The molecule has 0 atom stereocenters. The fourth-order valence-electron chi connectivity index (χ4n) is 5.46. The maximum Gasteiger partial charge on any atom is 0.136 e.